The molecule has 0 saturated carbocycles. The first kappa shape index (κ1) is 25.5. The molecule has 1 atom stereocenters. The lowest BCUT2D eigenvalue weighted by atomic mass is 10.0. The van der Waals surface area contributed by atoms with Gasteiger partial charge in [-0.3, -0.25) is 4.79 Å². The van der Waals surface area contributed by atoms with E-state index in [1.54, 1.807) is 30.0 Å². The summed E-state index contributed by atoms with van der Waals surface area (Å²) in [6.07, 6.45) is -4.31. The second kappa shape index (κ2) is 11.0. The minimum absolute atomic E-state index is 0.109. The first-order chi connectivity index (χ1) is 17.3. The number of thioether (sulfide) groups is 1. The van der Waals surface area contributed by atoms with Crippen LogP contribution < -0.4 is 15.0 Å². The number of hydrogen-bond donors (Lipinski definition) is 1. The van der Waals surface area contributed by atoms with Crippen molar-refractivity contribution in [3.8, 4) is 11.8 Å². The molecule has 0 fully saturated rings. The molecule has 0 radical (unpaired) electrons. The summed E-state index contributed by atoms with van der Waals surface area (Å²) in [6.45, 7) is 2.85. The van der Waals surface area contributed by atoms with E-state index in [0.717, 1.165) is 28.3 Å². The number of ether oxygens (including phenoxy) is 1. The number of amides is 1. The Kier molecular flexibility index (Phi) is 7.75. The highest BCUT2D eigenvalue weighted by molar-refractivity contribution is 7.99. The lowest BCUT2D eigenvalue weighted by molar-refractivity contribution is -0.137. The summed E-state index contributed by atoms with van der Waals surface area (Å²) < 4.78 is 44.6. The summed E-state index contributed by atoms with van der Waals surface area (Å²) in [5.41, 5.74) is 1.62. The number of hydrogen-bond acceptors (Lipinski definition) is 5. The van der Waals surface area contributed by atoms with Crippen LogP contribution in [0.4, 0.5) is 24.5 Å². The summed E-state index contributed by atoms with van der Waals surface area (Å²) in [6, 6.07) is 19.3. The maximum absolute atomic E-state index is 13.1. The zero-order chi connectivity index (χ0) is 25.7. The van der Waals surface area contributed by atoms with E-state index in [4.69, 9.17) is 4.74 Å². The molecule has 0 aromatic heterocycles. The molecule has 3 aromatic rings. The number of nitrogens with one attached hydrogen (secondary N) is 1. The Morgan fingerprint density at radius 1 is 1.14 bits per heavy atom. The average molecular weight is 512 g/mol. The van der Waals surface area contributed by atoms with E-state index in [9.17, 15) is 23.2 Å². The molecular formula is C27H24F3N3O2S. The number of carbonyl (C=O) groups is 1. The Hall–Kier alpha value is -3.64. The molecular weight excluding hydrogens is 487 g/mol. The molecule has 1 amide bonds. The number of halogens is 3. The quantitative estimate of drug-likeness (QED) is 0.356. The van der Waals surface area contributed by atoms with Gasteiger partial charge >= 0.3 is 6.18 Å². The first-order valence-corrected chi connectivity index (χ1v) is 12.4. The van der Waals surface area contributed by atoms with Gasteiger partial charge in [0, 0.05) is 16.1 Å². The van der Waals surface area contributed by atoms with Crippen LogP contribution in [-0.2, 0) is 6.18 Å². The van der Waals surface area contributed by atoms with Crippen LogP contribution in [0.2, 0.25) is 0 Å². The van der Waals surface area contributed by atoms with Crippen molar-refractivity contribution in [1.29, 1.82) is 5.26 Å². The van der Waals surface area contributed by atoms with Gasteiger partial charge in [0.15, 0.2) is 0 Å². The van der Waals surface area contributed by atoms with Crippen molar-refractivity contribution in [1.82, 2.24) is 5.32 Å². The highest BCUT2D eigenvalue weighted by atomic mass is 32.2. The van der Waals surface area contributed by atoms with E-state index in [0.29, 0.717) is 35.8 Å². The van der Waals surface area contributed by atoms with Crippen LogP contribution in [0.3, 0.4) is 0 Å². The van der Waals surface area contributed by atoms with Crippen LogP contribution >= 0.6 is 11.8 Å². The molecule has 0 spiro atoms. The van der Waals surface area contributed by atoms with Gasteiger partial charge in [-0.25, -0.2) is 0 Å². The molecule has 0 aliphatic carbocycles. The summed E-state index contributed by atoms with van der Waals surface area (Å²) in [4.78, 5) is 16.1. The Labute approximate surface area is 211 Å². The number of benzene rings is 3. The molecule has 36 heavy (non-hydrogen) atoms. The molecule has 1 aliphatic rings. The predicted octanol–water partition coefficient (Wildman–Crippen LogP) is 6.73. The highest BCUT2D eigenvalue weighted by Crippen LogP contribution is 2.38. The van der Waals surface area contributed by atoms with E-state index >= 15 is 0 Å². The smallest absolute Gasteiger partial charge is 0.416 e. The van der Waals surface area contributed by atoms with E-state index in [1.807, 2.05) is 29.2 Å². The fourth-order valence-corrected chi connectivity index (χ4v) is 4.67. The molecule has 1 heterocycles. The Bertz CT molecular complexity index is 1260. The lowest BCUT2D eigenvalue weighted by Crippen LogP contribution is -2.31. The molecule has 1 N–H and O–H groups in total. The van der Waals surface area contributed by atoms with Crippen LogP contribution in [0.1, 0.15) is 40.9 Å². The second-order valence-corrected chi connectivity index (χ2v) is 9.46. The van der Waals surface area contributed by atoms with Crippen molar-refractivity contribution in [3.63, 3.8) is 0 Å². The van der Waals surface area contributed by atoms with Crippen molar-refractivity contribution >= 4 is 29.0 Å². The van der Waals surface area contributed by atoms with Gasteiger partial charge in [0.25, 0.3) is 5.91 Å². The fraction of sp³-hybridized carbons (Fsp3) is 0.259. The number of anilines is 2. The zero-order valence-corrected chi connectivity index (χ0v) is 20.3. The number of fused-ring (bicyclic) bond motifs is 1. The minimum Gasteiger partial charge on any atom is -0.490 e. The average Bonchev–Trinajstić information content (AvgIpc) is 2.88. The van der Waals surface area contributed by atoms with Gasteiger partial charge in [-0.05, 0) is 65.9 Å². The highest BCUT2D eigenvalue weighted by Gasteiger charge is 2.30. The molecule has 9 heteroatoms. The van der Waals surface area contributed by atoms with Gasteiger partial charge in [0.05, 0.1) is 36.3 Å². The van der Waals surface area contributed by atoms with Crippen molar-refractivity contribution in [2.24, 2.45) is 0 Å². The maximum Gasteiger partial charge on any atom is 0.416 e. The third-order valence-corrected chi connectivity index (χ3v) is 6.68. The van der Waals surface area contributed by atoms with Gasteiger partial charge < -0.3 is 15.0 Å². The molecule has 186 valence electrons. The summed E-state index contributed by atoms with van der Waals surface area (Å²) in [5, 5.41) is 12.2. The van der Waals surface area contributed by atoms with Crippen LogP contribution in [0.15, 0.2) is 71.6 Å². The first-order valence-electron chi connectivity index (χ1n) is 11.4. The summed E-state index contributed by atoms with van der Waals surface area (Å²) >= 11 is 1.71. The molecule has 0 bridgehead atoms. The second-order valence-electron chi connectivity index (χ2n) is 8.12. The van der Waals surface area contributed by atoms with Crippen molar-refractivity contribution in [2.45, 2.75) is 30.5 Å². The Balaban J connectivity index is 1.57. The third-order valence-electron chi connectivity index (χ3n) is 5.78. The molecule has 5 nitrogen and oxygen atoms in total. The van der Waals surface area contributed by atoms with Gasteiger partial charge in [-0.1, -0.05) is 19.1 Å². The molecule has 4 rings (SSSR count). The van der Waals surface area contributed by atoms with Gasteiger partial charge in [0.1, 0.15) is 12.4 Å². The standard InChI is InChI=1S/C27H24F3N3O2S/c1-2-36-22-10-3-18(4-11-22)23(13-14-31)32-26(34)19-5-12-25-24(17-19)33(15-16-35-25)21-8-6-20(7-9-21)27(28,29)30/h3-12,17,23H,2,13,15-16H2,1H3,(H,32,34). The van der Waals surface area contributed by atoms with E-state index in [2.05, 4.69) is 18.3 Å². The maximum atomic E-state index is 13.1. The monoisotopic (exact) mass is 511 g/mol. The van der Waals surface area contributed by atoms with Crippen LogP contribution in [-0.4, -0.2) is 24.8 Å². The minimum atomic E-state index is -4.41. The van der Waals surface area contributed by atoms with Crippen LogP contribution in [0.5, 0.6) is 5.75 Å². The van der Waals surface area contributed by atoms with Crippen molar-refractivity contribution in [3.05, 3.63) is 83.4 Å². The van der Waals surface area contributed by atoms with Gasteiger partial charge in [-0.2, -0.15) is 18.4 Å². The van der Waals surface area contributed by atoms with E-state index in [1.165, 1.54) is 12.1 Å². The van der Waals surface area contributed by atoms with E-state index < -0.39 is 17.8 Å². The topological polar surface area (TPSA) is 65.4 Å². The van der Waals surface area contributed by atoms with Crippen molar-refractivity contribution < 1.29 is 22.7 Å². The molecule has 1 aliphatic heterocycles. The number of nitriles is 1. The molecule has 1 unspecified atom stereocenters. The number of alkyl halides is 3. The van der Waals surface area contributed by atoms with Gasteiger partial charge in [-0.15, -0.1) is 11.8 Å². The number of rotatable bonds is 7. The summed E-state index contributed by atoms with van der Waals surface area (Å²) in [5.74, 6) is 1.13. The third kappa shape index (κ3) is 5.77. The summed E-state index contributed by atoms with van der Waals surface area (Å²) in [7, 11) is 0. The molecule has 3 aromatic carbocycles. The zero-order valence-electron chi connectivity index (χ0n) is 19.5. The Morgan fingerprint density at radius 2 is 1.86 bits per heavy atom. The number of carbonyl (C=O) groups excluding carboxylic acids is 1. The van der Waals surface area contributed by atoms with Crippen molar-refractivity contribution in [2.75, 3.05) is 23.8 Å². The fourth-order valence-electron chi connectivity index (χ4n) is 4.01. The lowest BCUT2D eigenvalue weighted by Gasteiger charge is -2.32. The largest absolute Gasteiger partial charge is 0.490 e. The van der Waals surface area contributed by atoms with E-state index in [-0.39, 0.29) is 12.3 Å². The van der Waals surface area contributed by atoms with Crippen LogP contribution in [0, 0.1) is 11.3 Å². The SMILES string of the molecule is CCSc1ccc(C(CC#N)NC(=O)c2ccc3c(c2)N(c2ccc(C(F)(F)F)cc2)CCO3)cc1. The van der Waals surface area contributed by atoms with Crippen LogP contribution in [0.25, 0.3) is 0 Å². The molecule has 0 saturated heterocycles. The Morgan fingerprint density at radius 3 is 2.50 bits per heavy atom. The normalized spacial score (nSPS) is 13.8. The van der Waals surface area contributed by atoms with Gasteiger partial charge in [0.2, 0.25) is 0 Å². The predicted molar refractivity (Wildman–Crippen MR) is 134 cm³/mol. The number of nitrogens with zero attached hydrogens (tertiary/aromatic N) is 2.